The van der Waals surface area contributed by atoms with Crippen molar-refractivity contribution in [3.8, 4) is 0 Å². The molecule has 1 aliphatic heterocycles. The first-order valence-corrected chi connectivity index (χ1v) is 8.66. The summed E-state index contributed by atoms with van der Waals surface area (Å²) in [6, 6.07) is 8.61. The highest BCUT2D eigenvalue weighted by Gasteiger charge is 2.15. The number of hydrogen-bond acceptors (Lipinski definition) is 4. The van der Waals surface area contributed by atoms with Crippen molar-refractivity contribution in [2.24, 2.45) is 10.7 Å². The predicted molar refractivity (Wildman–Crippen MR) is 101 cm³/mol. The highest BCUT2D eigenvalue weighted by Crippen LogP contribution is 2.18. The Morgan fingerprint density at radius 3 is 2.71 bits per heavy atom. The third kappa shape index (κ3) is 6.16. The van der Waals surface area contributed by atoms with Gasteiger partial charge in [-0.1, -0.05) is 38.1 Å². The van der Waals surface area contributed by atoms with Gasteiger partial charge >= 0.3 is 0 Å². The Morgan fingerprint density at radius 1 is 1.33 bits per heavy atom. The normalized spacial score (nSPS) is 14.7. The van der Waals surface area contributed by atoms with Gasteiger partial charge in [0.2, 0.25) is 0 Å². The molecule has 1 aliphatic rings. The highest BCUT2D eigenvalue weighted by molar-refractivity contribution is 6.11. The summed E-state index contributed by atoms with van der Waals surface area (Å²) in [6.45, 7) is 7.71. The molecule has 0 atom stereocenters. The number of fused-ring (bicyclic) bond motifs is 1. The van der Waals surface area contributed by atoms with Gasteiger partial charge in [-0.25, -0.2) is 0 Å². The van der Waals surface area contributed by atoms with E-state index >= 15 is 0 Å². The van der Waals surface area contributed by atoms with Crippen molar-refractivity contribution in [2.75, 3.05) is 26.7 Å². The van der Waals surface area contributed by atoms with Crippen LogP contribution in [0.4, 0.5) is 0 Å². The molecule has 0 aromatic heterocycles. The van der Waals surface area contributed by atoms with E-state index in [0.717, 1.165) is 32.5 Å². The standard InChI is InChI=1S/C17H24N4O.C2H6/c1-19-12-16(11-18)17(22)20-8-4-9-21-10-7-14-5-2-3-6-15(14)13-21;1-2/h2-3,5-6,11-12H,4,7-10,13,18H2,1H3,(H,20,22);1-2H3/b16-11+,19-12?;. The number of nitrogens with one attached hydrogen (secondary N) is 1. The average Bonchev–Trinajstić information content (AvgIpc) is 2.64. The molecule has 5 nitrogen and oxygen atoms in total. The fourth-order valence-electron chi connectivity index (χ4n) is 2.67. The number of nitrogens with zero attached hydrogens (tertiary/aromatic N) is 2. The van der Waals surface area contributed by atoms with Gasteiger partial charge in [0.1, 0.15) is 0 Å². The van der Waals surface area contributed by atoms with Crippen molar-refractivity contribution in [1.82, 2.24) is 10.2 Å². The molecule has 0 unspecified atom stereocenters. The molecule has 132 valence electrons. The van der Waals surface area contributed by atoms with E-state index in [1.54, 1.807) is 7.05 Å². The van der Waals surface area contributed by atoms with E-state index < -0.39 is 0 Å². The maximum Gasteiger partial charge on any atom is 0.254 e. The molecular weight excluding hydrogens is 300 g/mol. The van der Waals surface area contributed by atoms with Crippen LogP contribution in [0.1, 0.15) is 31.4 Å². The topological polar surface area (TPSA) is 70.7 Å². The zero-order chi connectivity index (χ0) is 17.8. The second kappa shape index (κ2) is 11.4. The number of nitrogens with two attached hydrogens (primary N) is 1. The van der Waals surface area contributed by atoms with Crippen LogP contribution in [0.15, 0.2) is 41.0 Å². The third-order valence-electron chi connectivity index (χ3n) is 3.86. The van der Waals surface area contributed by atoms with Gasteiger partial charge in [0, 0.05) is 45.6 Å². The number of rotatable bonds is 6. The molecule has 0 bridgehead atoms. The highest BCUT2D eigenvalue weighted by atomic mass is 16.1. The SMILES string of the molecule is CC.CN=C/C(=C\N)C(=O)NCCCN1CCc2ccccc2C1. The molecule has 0 spiro atoms. The summed E-state index contributed by atoms with van der Waals surface area (Å²) in [5.74, 6) is -0.169. The van der Waals surface area contributed by atoms with Crippen molar-refractivity contribution in [3.63, 3.8) is 0 Å². The lowest BCUT2D eigenvalue weighted by Gasteiger charge is -2.28. The van der Waals surface area contributed by atoms with E-state index in [0.29, 0.717) is 12.1 Å². The van der Waals surface area contributed by atoms with Crippen LogP contribution in [-0.4, -0.2) is 43.7 Å². The van der Waals surface area contributed by atoms with Crippen LogP contribution in [-0.2, 0) is 17.8 Å². The van der Waals surface area contributed by atoms with Crippen molar-refractivity contribution >= 4 is 12.1 Å². The summed E-state index contributed by atoms with van der Waals surface area (Å²) in [5, 5.41) is 2.87. The van der Waals surface area contributed by atoms with Crippen LogP contribution in [0.25, 0.3) is 0 Å². The first-order valence-electron chi connectivity index (χ1n) is 8.66. The number of amides is 1. The summed E-state index contributed by atoms with van der Waals surface area (Å²) >= 11 is 0. The number of benzene rings is 1. The van der Waals surface area contributed by atoms with Crippen LogP contribution in [0.2, 0.25) is 0 Å². The summed E-state index contributed by atoms with van der Waals surface area (Å²) < 4.78 is 0. The Balaban J connectivity index is 0.00000139. The molecule has 0 fully saturated rings. The Hall–Kier alpha value is -2.14. The molecule has 24 heavy (non-hydrogen) atoms. The largest absolute Gasteiger partial charge is 0.404 e. The van der Waals surface area contributed by atoms with Gasteiger partial charge in [0.15, 0.2) is 0 Å². The average molecular weight is 330 g/mol. The van der Waals surface area contributed by atoms with Crippen LogP contribution >= 0.6 is 0 Å². The van der Waals surface area contributed by atoms with Gasteiger partial charge < -0.3 is 11.1 Å². The van der Waals surface area contributed by atoms with Crippen molar-refractivity contribution in [2.45, 2.75) is 33.2 Å². The van der Waals surface area contributed by atoms with Gasteiger partial charge in [-0.2, -0.15) is 0 Å². The molecule has 5 heteroatoms. The van der Waals surface area contributed by atoms with Crippen LogP contribution in [0.3, 0.4) is 0 Å². The van der Waals surface area contributed by atoms with E-state index in [1.807, 2.05) is 13.8 Å². The monoisotopic (exact) mass is 330 g/mol. The summed E-state index contributed by atoms with van der Waals surface area (Å²) in [5.41, 5.74) is 8.68. The lowest BCUT2D eigenvalue weighted by Crippen LogP contribution is -2.34. The summed E-state index contributed by atoms with van der Waals surface area (Å²) in [4.78, 5) is 18.1. The Kier molecular flexibility index (Phi) is 9.46. The minimum absolute atomic E-state index is 0.169. The van der Waals surface area contributed by atoms with E-state index in [4.69, 9.17) is 5.73 Å². The Morgan fingerprint density at radius 2 is 2.04 bits per heavy atom. The second-order valence-corrected chi connectivity index (χ2v) is 5.41. The number of hydrogen-bond donors (Lipinski definition) is 2. The maximum absolute atomic E-state index is 11.8. The van der Waals surface area contributed by atoms with Gasteiger partial charge in [-0.3, -0.25) is 14.7 Å². The van der Waals surface area contributed by atoms with Gasteiger partial charge in [0.05, 0.1) is 5.57 Å². The maximum atomic E-state index is 11.8. The minimum Gasteiger partial charge on any atom is -0.404 e. The first-order chi connectivity index (χ1) is 11.7. The molecule has 1 heterocycles. The molecule has 0 saturated carbocycles. The number of carbonyl (C=O) groups excluding carboxylic acids is 1. The molecule has 1 aromatic carbocycles. The molecule has 1 aromatic rings. The molecule has 0 radical (unpaired) electrons. The van der Waals surface area contributed by atoms with E-state index in [9.17, 15) is 4.79 Å². The molecule has 0 aliphatic carbocycles. The fourth-order valence-corrected chi connectivity index (χ4v) is 2.67. The third-order valence-corrected chi connectivity index (χ3v) is 3.86. The Labute approximate surface area is 145 Å². The molecule has 1 amide bonds. The zero-order valence-corrected chi connectivity index (χ0v) is 15.1. The molecule has 0 saturated heterocycles. The van der Waals surface area contributed by atoms with Gasteiger partial charge in [0.25, 0.3) is 5.91 Å². The Bertz CT molecular complexity index is 566. The first kappa shape index (κ1) is 19.9. The van der Waals surface area contributed by atoms with Crippen LogP contribution < -0.4 is 11.1 Å². The van der Waals surface area contributed by atoms with E-state index in [2.05, 4.69) is 39.5 Å². The van der Waals surface area contributed by atoms with Crippen molar-refractivity contribution < 1.29 is 4.79 Å². The van der Waals surface area contributed by atoms with Gasteiger partial charge in [-0.05, 0) is 24.0 Å². The van der Waals surface area contributed by atoms with Crippen LogP contribution in [0, 0.1) is 0 Å². The molecule has 3 N–H and O–H groups in total. The zero-order valence-electron chi connectivity index (χ0n) is 15.1. The predicted octanol–water partition coefficient (Wildman–Crippen LogP) is 2.12. The fraction of sp³-hybridized carbons (Fsp3) is 0.474. The van der Waals surface area contributed by atoms with Gasteiger partial charge in [-0.15, -0.1) is 0 Å². The van der Waals surface area contributed by atoms with Crippen molar-refractivity contribution in [3.05, 3.63) is 47.2 Å². The van der Waals surface area contributed by atoms with E-state index in [1.165, 1.54) is 23.5 Å². The quantitative estimate of drug-likeness (QED) is 0.477. The summed E-state index contributed by atoms with van der Waals surface area (Å²) in [7, 11) is 1.62. The summed E-state index contributed by atoms with van der Waals surface area (Å²) in [6.07, 6.45) is 4.78. The number of aliphatic imine (C=N–C) groups is 1. The molecule has 2 rings (SSSR count). The smallest absolute Gasteiger partial charge is 0.254 e. The molecular formula is C19H30N4O. The lowest BCUT2D eigenvalue weighted by molar-refractivity contribution is -0.117. The van der Waals surface area contributed by atoms with Crippen molar-refractivity contribution in [1.29, 1.82) is 0 Å². The second-order valence-electron chi connectivity index (χ2n) is 5.41. The lowest BCUT2D eigenvalue weighted by atomic mass is 10.00. The van der Waals surface area contributed by atoms with E-state index in [-0.39, 0.29) is 5.91 Å². The number of carbonyl (C=O) groups is 1. The minimum atomic E-state index is -0.169. The van der Waals surface area contributed by atoms with Crippen LogP contribution in [0.5, 0.6) is 0 Å².